The van der Waals surface area contributed by atoms with Crippen LogP contribution in [0.4, 0.5) is 5.69 Å². The van der Waals surface area contributed by atoms with Gasteiger partial charge in [-0.15, -0.1) is 0 Å². The summed E-state index contributed by atoms with van der Waals surface area (Å²) in [5.41, 5.74) is 7.82. The van der Waals surface area contributed by atoms with E-state index in [1.54, 1.807) is 0 Å². The fraction of sp³-hybridized carbons (Fsp3) is 0.667. The van der Waals surface area contributed by atoms with Gasteiger partial charge in [-0.3, -0.25) is 9.89 Å². The van der Waals surface area contributed by atoms with Crippen LogP contribution in [-0.2, 0) is 6.42 Å². The third-order valence-corrected chi connectivity index (χ3v) is 3.68. The van der Waals surface area contributed by atoms with Gasteiger partial charge >= 0.3 is 0 Å². The first kappa shape index (κ1) is 12.0. The van der Waals surface area contributed by atoms with E-state index in [1.807, 2.05) is 6.92 Å². The van der Waals surface area contributed by atoms with Gasteiger partial charge in [0, 0.05) is 6.54 Å². The number of nitrogens with one attached hydrogen (secondary N) is 2. The van der Waals surface area contributed by atoms with Gasteiger partial charge in [-0.1, -0.05) is 20.8 Å². The average molecular weight is 236 g/mol. The maximum atomic E-state index is 11.9. The molecule has 1 amide bonds. The minimum absolute atomic E-state index is 0.179. The Morgan fingerprint density at radius 2 is 2.29 bits per heavy atom. The minimum Gasteiger partial charge on any atom is -0.395 e. The van der Waals surface area contributed by atoms with Crippen LogP contribution in [0, 0.1) is 11.3 Å². The van der Waals surface area contributed by atoms with Crippen LogP contribution in [0.25, 0.3) is 0 Å². The summed E-state index contributed by atoms with van der Waals surface area (Å²) in [6.07, 6.45) is 1.92. The highest BCUT2D eigenvalue weighted by molar-refractivity contribution is 5.97. The Labute approximate surface area is 101 Å². The van der Waals surface area contributed by atoms with Gasteiger partial charge in [0.25, 0.3) is 5.91 Å². The van der Waals surface area contributed by atoms with Crippen molar-refractivity contribution in [3.63, 3.8) is 0 Å². The Bertz CT molecular complexity index is 436. The van der Waals surface area contributed by atoms with E-state index in [-0.39, 0.29) is 5.91 Å². The lowest BCUT2D eigenvalue weighted by atomic mass is 10.1. The maximum absolute atomic E-state index is 11.9. The Morgan fingerprint density at radius 3 is 2.76 bits per heavy atom. The predicted molar refractivity (Wildman–Crippen MR) is 66.6 cm³/mol. The number of nitrogen functional groups attached to an aromatic ring is 1. The molecule has 1 unspecified atom stereocenters. The molecule has 5 heteroatoms. The van der Waals surface area contributed by atoms with Crippen LogP contribution >= 0.6 is 0 Å². The zero-order valence-corrected chi connectivity index (χ0v) is 10.6. The molecule has 1 atom stereocenters. The normalized spacial score (nSPS) is 21.2. The molecule has 1 saturated carbocycles. The second-order valence-corrected chi connectivity index (χ2v) is 5.42. The highest BCUT2D eigenvalue weighted by atomic mass is 16.1. The Kier molecular flexibility index (Phi) is 2.85. The van der Waals surface area contributed by atoms with Crippen molar-refractivity contribution in [2.24, 2.45) is 11.3 Å². The van der Waals surface area contributed by atoms with E-state index in [1.165, 1.54) is 6.42 Å². The van der Waals surface area contributed by atoms with E-state index in [2.05, 4.69) is 29.4 Å². The number of H-pyrrole nitrogens is 1. The molecule has 2 rings (SSSR count). The van der Waals surface area contributed by atoms with Crippen molar-refractivity contribution in [1.29, 1.82) is 0 Å². The van der Waals surface area contributed by atoms with E-state index < -0.39 is 0 Å². The van der Waals surface area contributed by atoms with Gasteiger partial charge in [0.05, 0.1) is 11.4 Å². The Hall–Kier alpha value is -1.52. The SMILES string of the molecule is CCc1[nH]nc(C(=O)NCC2CC2(C)C)c1N. The molecular formula is C12H20N4O. The molecule has 0 saturated heterocycles. The average Bonchev–Trinajstić information content (AvgIpc) is 2.70. The van der Waals surface area contributed by atoms with Crippen LogP contribution < -0.4 is 11.1 Å². The van der Waals surface area contributed by atoms with Crippen molar-refractivity contribution in [1.82, 2.24) is 15.5 Å². The quantitative estimate of drug-likeness (QED) is 0.737. The summed E-state index contributed by atoms with van der Waals surface area (Å²) >= 11 is 0. The molecule has 0 aliphatic heterocycles. The van der Waals surface area contributed by atoms with Crippen molar-refractivity contribution >= 4 is 11.6 Å². The molecule has 1 aromatic heterocycles. The Morgan fingerprint density at radius 1 is 1.65 bits per heavy atom. The zero-order valence-electron chi connectivity index (χ0n) is 10.6. The first-order valence-corrected chi connectivity index (χ1v) is 6.06. The molecule has 94 valence electrons. The summed E-state index contributed by atoms with van der Waals surface area (Å²) < 4.78 is 0. The first-order chi connectivity index (χ1) is 7.95. The van der Waals surface area contributed by atoms with Gasteiger partial charge in [0.15, 0.2) is 5.69 Å². The highest BCUT2D eigenvalue weighted by Gasteiger charge is 2.45. The lowest BCUT2D eigenvalue weighted by Gasteiger charge is -2.05. The van der Waals surface area contributed by atoms with Gasteiger partial charge in [-0.2, -0.15) is 5.10 Å². The highest BCUT2D eigenvalue weighted by Crippen LogP contribution is 2.50. The van der Waals surface area contributed by atoms with Crippen LogP contribution in [0.2, 0.25) is 0 Å². The number of aromatic amines is 1. The van der Waals surface area contributed by atoms with Crippen LogP contribution in [-0.4, -0.2) is 22.6 Å². The number of carbonyl (C=O) groups excluding carboxylic acids is 1. The van der Waals surface area contributed by atoms with Crippen molar-refractivity contribution in [3.8, 4) is 0 Å². The zero-order chi connectivity index (χ0) is 12.6. The molecule has 17 heavy (non-hydrogen) atoms. The van der Waals surface area contributed by atoms with Gasteiger partial charge in [-0.25, -0.2) is 0 Å². The van der Waals surface area contributed by atoms with Gasteiger partial charge in [0.2, 0.25) is 0 Å². The van der Waals surface area contributed by atoms with E-state index in [0.717, 1.165) is 12.1 Å². The third-order valence-electron chi connectivity index (χ3n) is 3.68. The second kappa shape index (κ2) is 4.05. The van der Waals surface area contributed by atoms with E-state index >= 15 is 0 Å². The molecule has 0 radical (unpaired) electrons. The fourth-order valence-corrected chi connectivity index (χ4v) is 2.05. The summed E-state index contributed by atoms with van der Waals surface area (Å²) in [7, 11) is 0. The number of carbonyl (C=O) groups is 1. The minimum atomic E-state index is -0.179. The number of aryl methyl sites for hydroxylation is 1. The lowest BCUT2D eigenvalue weighted by molar-refractivity contribution is 0.0946. The molecule has 5 nitrogen and oxygen atoms in total. The molecule has 1 aliphatic rings. The number of hydrogen-bond donors (Lipinski definition) is 3. The van der Waals surface area contributed by atoms with E-state index in [9.17, 15) is 4.79 Å². The number of aromatic nitrogens is 2. The summed E-state index contributed by atoms with van der Waals surface area (Å²) in [6, 6.07) is 0. The van der Waals surface area contributed by atoms with Gasteiger partial charge in [-0.05, 0) is 24.2 Å². The molecular weight excluding hydrogens is 216 g/mol. The topological polar surface area (TPSA) is 83.8 Å². The molecule has 0 aromatic carbocycles. The van der Waals surface area contributed by atoms with E-state index in [0.29, 0.717) is 29.3 Å². The molecule has 4 N–H and O–H groups in total. The fourth-order valence-electron chi connectivity index (χ4n) is 2.05. The standard InChI is InChI=1S/C12H20N4O/c1-4-8-9(13)10(16-15-8)11(17)14-6-7-5-12(7,2)3/h7H,4-6,13H2,1-3H3,(H,14,17)(H,15,16). The number of amides is 1. The van der Waals surface area contributed by atoms with Crippen LogP contribution in [0.5, 0.6) is 0 Å². The van der Waals surface area contributed by atoms with Crippen molar-refractivity contribution in [3.05, 3.63) is 11.4 Å². The molecule has 0 spiro atoms. The smallest absolute Gasteiger partial charge is 0.273 e. The second-order valence-electron chi connectivity index (χ2n) is 5.42. The summed E-state index contributed by atoms with van der Waals surface area (Å²) in [6.45, 7) is 7.10. The molecule has 1 aliphatic carbocycles. The summed E-state index contributed by atoms with van der Waals surface area (Å²) in [4.78, 5) is 11.9. The largest absolute Gasteiger partial charge is 0.395 e. The number of rotatable bonds is 4. The van der Waals surface area contributed by atoms with Crippen LogP contribution in [0.3, 0.4) is 0 Å². The van der Waals surface area contributed by atoms with Crippen molar-refractivity contribution in [2.45, 2.75) is 33.6 Å². The number of anilines is 1. The molecule has 1 fully saturated rings. The monoisotopic (exact) mass is 236 g/mol. The molecule has 1 aromatic rings. The van der Waals surface area contributed by atoms with Crippen LogP contribution in [0.1, 0.15) is 43.4 Å². The number of nitrogens with zero attached hydrogens (tertiary/aromatic N) is 1. The van der Waals surface area contributed by atoms with E-state index in [4.69, 9.17) is 5.73 Å². The summed E-state index contributed by atoms with van der Waals surface area (Å²) in [5, 5.41) is 9.64. The van der Waals surface area contributed by atoms with Crippen LogP contribution in [0.15, 0.2) is 0 Å². The predicted octanol–water partition coefficient (Wildman–Crippen LogP) is 1.33. The first-order valence-electron chi connectivity index (χ1n) is 6.06. The summed E-state index contributed by atoms with van der Waals surface area (Å²) in [5.74, 6) is 0.401. The van der Waals surface area contributed by atoms with Crippen molar-refractivity contribution in [2.75, 3.05) is 12.3 Å². The number of nitrogens with two attached hydrogens (primary N) is 1. The van der Waals surface area contributed by atoms with Crippen molar-refractivity contribution < 1.29 is 4.79 Å². The molecule has 1 heterocycles. The van der Waals surface area contributed by atoms with Gasteiger partial charge in [0.1, 0.15) is 0 Å². The molecule has 0 bridgehead atoms. The van der Waals surface area contributed by atoms with Gasteiger partial charge < -0.3 is 11.1 Å². The maximum Gasteiger partial charge on any atom is 0.273 e. The lowest BCUT2D eigenvalue weighted by Crippen LogP contribution is -2.27. The Balaban J connectivity index is 1.93. The number of hydrogen-bond acceptors (Lipinski definition) is 3. The third kappa shape index (κ3) is 2.28.